The zero-order chi connectivity index (χ0) is 38.4. The van der Waals surface area contributed by atoms with Gasteiger partial charge in [0, 0.05) is 36.8 Å². The first kappa shape index (κ1) is 39.3. The normalized spacial score (nSPS) is 42.1. The number of halogens is 3. The number of fused-ring (bicyclic) bond motifs is 7. The molecule has 0 aromatic heterocycles. The molecule has 5 aliphatic rings. The van der Waals surface area contributed by atoms with Gasteiger partial charge in [-0.05, 0) is 84.4 Å². The van der Waals surface area contributed by atoms with Crippen molar-refractivity contribution in [1.82, 2.24) is 0 Å². The largest absolute Gasteiger partial charge is 0.465 e. The number of hydrogen-bond acceptors (Lipinski definition) is 7. The van der Waals surface area contributed by atoms with E-state index >= 15 is 13.2 Å². The number of hydrogen-bond donors (Lipinski definition) is 2. The van der Waals surface area contributed by atoms with E-state index in [1.54, 1.807) is 6.07 Å². The Morgan fingerprint density at radius 2 is 1.62 bits per heavy atom. The van der Waals surface area contributed by atoms with Gasteiger partial charge in [-0.2, -0.15) is 13.2 Å². The molecule has 0 unspecified atom stereocenters. The molecular formula is C42H59F3O7. The summed E-state index contributed by atoms with van der Waals surface area (Å²) in [5.74, 6) is -2.70. The van der Waals surface area contributed by atoms with Gasteiger partial charge in [0.1, 0.15) is 6.10 Å². The molecule has 0 spiro atoms. The number of aliphatic hydroxyl groups excluding tert-OH is 2. The zero-order valence-electron chi connectivity index (χ0n) is 32.3. The Morgan fingerprint density at radius 1 is 0.962 bits per heavy atom. The predicted molar refractivity (Wildman–Crippen MR) is 189 cm³/mol. The molecule has 52 heavy (non-hydrogen) atoms. The molecule has 4 saturated carbocycles. The number of methoxy groups -OCH3 is 1. The number of ether oxygens (including phenoxy) is 3. The van der Waals surface area contributed by atoms with E-state index < -0.39 is 69.6 Å². The van der Waals surface area contributed by atoms with Crippen molar-refractivity contribution in [2.75, 3.05) is 13.7 Å². The summed E-state index contributed by atoms with van der Waals surface area (Å²) in [4.78, 5) is 26.7. The van der Waals surface area contributed by atoms with Crippen LogP contribution >= 0.6 is 0 Å². The lowest BCUT2D eigenvalue weighted by Crippen LogP contribution is -2.67. The van der Waals surface area contributed by atoms with Crippen LogP contribution in [-0.4, -0.2) is 60.4 Å². The fourth-order valence-corrected chi connectivity index (χ4v) is 13.1. The van der Waals surface area contributed by atoms with Crippen molar-refractivity contribution in [1.29, 1.82) is 0 Å². The minimum absolute atomic E-state index is 0.0455. The maximum Gasteiger partial charge on any atom is 0.432 e. The van der Waals surface area contributed by atoms with Crippen LogP contribution in [0, 0.1) is 56.7 Å². The second-order valence-corrected chi connectivity index (χ2v) is 18.6. The summed E-state index contributed by atoms with van der Waals surface area (Å²) in [6.45, 7) is 16.4. The second-order valence-electron chi connectivity index (χ2n) is 18.6. The molecule has 10 heteroatoms. The average molecular weight is 733 g/mol. The highest BCUT2D eigenvalue weighted by atomic mass is 19.4. The first-order valence-electron chi connectivity index (χ1n) is 19.2. The second kappa shape index (κ2) is 12.8. The molecule has 0 heterocycles. The maximum absolute atomic E-state index is 15.2. The third-order valence-electron chi connectivity index (χ3n) is 15.8. The molecule has 4 fully saturated rings. The van der Waals surface area contributed by atoms with Crippen LogP contribution in [0.15, 0.2) is 42.0 Å². The highest BCUT2D eigenvalue weighted by Crippen LogP contribution is 2.76. The van der Waals surface area contributed by atoms with Crippen molar-refractivity contribution in [2.45, 2.75) is 130 Å². The molecule has 2 N–H and O–H groups in total. The van der Waals surface area contributed by atoms with Gasteiger partial charge in [0.25, 0.3) is 5.60 Å². The summed E-state index contributed by atoms with van der Waals surface area (Å²) in [7, 11) is 0.884. The SMILES string of the molecule is CO[C@@](C(=O)O[C@@H]1C[C@@H](C(C)C)[C@]2(COC(C)=O)CC[C@@]3(C)[C@H]4C(=CC[C@]3(C)[C@@H]12)[C@@]1(C)CC[C@H](O)C(C)(C)[C@@H]1C[C@@H]4O)(c1ccccc1)C(F)(F)F. The van der Waals surface area contributed by atoms with Gasteiger partial charge < -0.3 is 24.4 Å². The summed E-state index contributed by atoms with van der Waals surface area (Å²) in [6.07, 6.45) is -0.795. The Kier molecular flexibility index (Phi) is 9.69. The minimum atomic E-state index is -5.13. The van der Waals surface area contributed by atoms with Crippen LogP contribution in [0.1, 0.15) is 106 Å². The van der Waals surface area contributed by atoms with Crippen LogP contribution in [-0.2, 0) is 29.4 Å². The highest BCUT2D eigenvalue weighted by molar-refractivity contribution is 5.83. The third kappa shape index (κ3) is 5.30. The van der Waals surface area contributed by atoms with Crippen molar-refractivity contribution < 1.29 is 47.2 Å². The fraction of sp³-hybridized carbons (Fsp3) is 0.762. The number of alkyl halides is 3. The van der Waals surface area contributed by atoms with Gasteiger partial charge in [0.15, 0.2) is 0 Å². The molecule has 12 atom stereocenters. The number of carbonyl (C=O) groups excluding carboxylic acids is 2. The Balaban J connectivity index is 1.50. The van der Waals surface area contributed by atoms with Gasteiger partial charge in [-0.15, -0.1) is 0 Å². The molecule has 1 aromatic carbocycles. The van der Waals surface area contributed by atoms with Gasteiger partial charge >= 0.3 is 18.1 Å². The van der Waals surface area contributed by atoms with Gasteiger partial charge in [0.2, 0.25) is 0 Å². The van der Waals surface area contributed by atoms with E-state index in [9.17, 15) is 19.8 Å². The lowest BCUT2D eigenvalue weighted by molar-refractivity contribution is -0.281. The zero-order valence-corrected chi connectivity index (χ0v) is 32.3. The molecule has 290 valence electrons. The Labute approximate surface area is 307 Å². The molecule has 0 aliphatic heterocycles. The Bertz CT molecular complexity index is 1570. The molecule has 0 bridgehead atoms. The number of rotatable bonds is 7. The lowest BCUT2D eigenvalue weighted by atomic mass is 9.35. The van der Waals surface area contributed by atoms with Crippen LogP contribution in [0.5, 0.6) is 0 Å². The Hall–Kier alpha value is -2.43. The van der Waals surface area contributed by atoms with Gasteiger partial charge in [-0.3, -0.25) is 4.79 Å². The molecule has 0 radical (unpaired) electrons. The van der Waals surface area contributed by atoms with E-state index in [-0.39, 0.29) is 41.3 Å². The monoisotopic (exact) mass is 732 g/mol. The van der Waals surface area contributed by atoms with E-state index in [1.165, 1.54) is 36.8 Å². The van der Waals surface area contributed by atoms with Crippen molar-refractivity contribution in [3.05, 3.63) is 47.5 Å². The van der Waals surface area contributed by atoms with E-state index in [4.69, 9.17) is 14.2 Å². The smallest absolute Gasteiger partial charge is 0.432 e. The van der Waals surface area contributed by atoms with Crippen LogP contribution in [0.2, 0.25) is 0 Å². The molecular weight excluding hydrogens is 673 g/mol. The van der Waals surface area contributed by atoms with Gasteiger partial charge in [-0.25, -0.2) is 4.79 Å². The molecule has 0 saturated heterocycles. The van der Waals surface area contributed by atoms with E-state index in [1.807, 2.05) is 0 Å². The van der Waals surface area contributed by atoms with Crippen molar-refractivity contribution in [3.8, 4) is 0 Å². The van der Waals surface area contributed by atoms with Crippen molar-refractivity contribution in [2.24, 2.45) is 56.7 Å². The van der Waals surface area contributed by atoms with Crippen LogP contribution < -0.4 is 0 Å². The fourth-order valence-electron chi connectivity index (χ4n) is 13.1. The van der Waals surface area contributed by atoms with Crippen LogP contribution in [0.4, 0.5) is 13.2 Å². The van der Waals surface area contributed by atoms with Crippen LogP contribution in [0.25, 0.3) is 0 Å². The van der Waals surface area contributed by atoms with E-state index in [0.29, 0.717) is 38.5 Å². The molecule has 7 nitrogen and oxygen atoms in total. The molecule has 5 aliphatic carbocycles. The molecule has 6 rings (SSSR count). The predicted octanol–water partition coefficient (Wildman–Crippen LogP) is 8.16. The summed E-state index contributed by atoms with van der Waals surface area (Å²) in [5, 5.41) is 23.3. The quantitative estimate of drug-likeness (QED) is 0.216. The first-order valence-corrected chi connectivity index (χ1v) is 19.2. The van der Waals surface area contributed by atoms with Crippen molar-refractivity contribution in [3.63, 3.8) is 0 Å². The van der Waals surface area contributed by atoms with Crippen molar-refractivity contribution >= 4 is 11.9 Å². The van der Waals surface area contributed by atoms with Crippen LogP contribution in [0.3, 0.4) is 0 Å². The summed E-state index contributed by atoms with van der Waals surface area (Å²) < 4.78 is 62.8. The van der Waals surface area contributed by atoms with Gasteiger partial charge in [0.05, 0.1) is 18.8 Å². The number of aliphatic hydroxyl groups is 2. The summed E-state index contributed by atoms with van der Waals surface area (Å²) in [6, 6.07) is 6.90. The lowest BCUT2D eigenvalue weighted by Gasteiger charge is -2.70. The third-order valence-corrected chi connectivity index (χ3v) is 15.8. The number of carbonyl (C=O) groups is 2. The van der Waals surface area contributed by atoms with E-state index in [0.717, 1.165) is 13.5 Å². The molecule has 1 aromatic rings. The van der Waals surface area contributed by atoms with E-state index in [2.05, 4.69) is 54.5 Å². The summed E-state index contributed by atoms with van der Waals surface area (Å²) >= 11 is 0. The maximum atomic E-state index is 15.2. The first-order chi connectivity index (χ1) is 24.1. The van der Waals surface area contributed by atoms with Gasteiger partial charge in [-0.1, -0.05) is 90.4 Å². The minimum Gasteiger partial charge on any atom is -0.465 e. The average Bonchev–Trinajstić information content (AvgIpc) is 3.39. The topological polar surface area (TPSA) is 102 Å². The standard InChI is InChI=1S/C42H59F3O7/c1-24(2)28-21-30(52-35(49)41(50-9,42(43,44)45)26-13-11-10-12-14-26)34-39(8)18-15-27-33(38(39,7)19-20-40(28,34)23-51-25(3)46)29(47)22-31-36(4,5)32(48)16-17-37(27,31)6/h10-15,24,28-34,47-48H,16-23H2,1-9H3/t28-,29-,30+,31-,32-,33-,34+,37+,38-,39+,40+,41+/m0/s1. The molecule has 0 amide bonds. The number of allylic oxidation sites excluding steroid dienone is 1. The Morgan fingerprint density at radius 3 is 2.19 bits per heavy atom. The number of esters is 2. The highest BCUT2D eigenvalue weighted by Gasteiger charge is 2.74. The summed E-state index contributed by atoms with van der Waals surface area (Å²) in [5.41, 5.74) is -5.01. The number of benzene rings is 1.